The molecular weight excluding hydrogens is 270 g/mol. The van der Waals surface area contributed by atoms with Crippen LogP contribution in [0.3, 0.4) is 0 Å². The van der Waals surface area contributed by atoms with Gasteiger partial charge in [-0.05, 0) is 42.7 Å². The Morgan fingerprint density at radius 3 is 2.14 bits per heavy atom. The molecule has 1 saturated heterocycles. The van der Waals surface area contributed by atoms with Crippen LogP contribution in [-0.4, -0.2) is 36.7 Å². The number of benzene rings is 1. The van der Waals surface area contributed by atoms with Crippen molar-refractivity contribution >= 4 is 0 Å². The molecule has 0 radical (unpaired) electrons. The van der Waals surface area contributed by atoms with Crippen molar-refractivity contribution in [3.05, 3.63) is 35.4 Å². The molecule has 0 spiro atoms. The van der Waals surface area contributed by atoms with Gasteiger partial charge in [0.25, 0.3) is 0 Å². The SMILES string of the molecule is CC(Cc1ccc(C(C)(C)C)cc1)CN1[C@H](C)COC[C@@H]1C. The number of hydrogen-bond donors (Lipinski definition) is 0. The van der Waals surface area contributed by atoms with E-state index in [0.717, 1.165) is 26.2 Å². The van der Waals surface area contributed by atoms with Crippen LogP contribution in [0.2, 0.25) is 0 Å². The van der Waals surface area contributed by atoms with E-state index >= 15 is 0 Å². The van der Waals surface area contributed by atoms with Crippen LogP contribution in [0.1, 0.15) is 52.7 Å². The fourth-order valence-corrected chi connectivity index (χ4v) is 3.36. The van der Waals surface area contributed by atoms with Gasteiger partial charge in [-0.3, -0.25) is 4.90 Å². The zero-order valence-electron chi connectivity index (χ0n) is 15.2. The molecular formula is C20H33NO. The molecule has 0 aromatic heterocycles. The van der Waals surface area contributed by atoms with Gasteiger partial charge in [-0.15, -0.1) is 0 Å². The molecule has 0 bridgehead atoms. The third kappa shape index (κ3) is 4.57. The maximum absolute atomic E-state index is 5.63. The highest BCUT2D eigenvalue weighted by Crippen LogP contribution is 2.23. The van der Waals surface area contributed by atoms with Gasteiger partial charge in [0.15, 0.2) is 0 Å². The van der Waals surface area contributed by atoms with E-state index in [4.69, 9.17) is 4.74 Å². The molecule has 22 heavy (non-hydrogen) atoms. The molecule has 124 valence electrons. The van der Waals surface area contributed by atoms with E-state index in [9.17, 15) is 0 Å². The molecule has 1 aliphatic heterocycles. The predicted octanol–water partition coefficient (Wildman–Crippen LogP) is 4.27. The summed E-state index contributed by atoms with van der Waals surface area (Å²) in [4.78, 5) is 2.61. The van der Waals surface area contributed by atoms with E-state index < -0.39 is 0 Å². The molecule has 0 N–H and O–H groups in total. The van der Waals surface area contributed by atoms with Gasteiger partial charge in [-0.25, -0.2) is 0 Å². The molecule has 1 heterocycles. The molecule has 3 atom stereocenters. The van der Waals surface area contributed by atoms with Crippen LogP contribution in [0, 0.1) is 5.92 Å². The van der Waals surface area contributed by atoms with Crippen molar-refractivity contribution in [1.82, 2.24) is 4.90 Å². The zero-order valence-corrected chi connectivity index (χ0v) is 15.2. The minimum absolute atomic E-state index is 0.239. The summed E-state index contributed by atoms with van der Waals surface area (Å²) in [5.74, 6) is 0.670. The standard InChI is InChI=1S/C20H33NO/c1-15(12-21-16(2)13-22-14-17(21)3)11-18-7-9-19(10-8-18)20(4,5)6/h7-10,15-17H,11-14H2,1-6H3/t15?,16-,17+. The largest absolute Gasteiger partial charge is 0.378 e. The quantitative estimate of drug-likeness (QED) is 0.823. The van der Waals surface area contributed by atoms with Crippen LogP contribution in [0.25, 0.3) is 0 Å². The Hall–Kier alpha value is -0.860. The van der Waals surface area contributed by atoms with Gasteiger partial charge in [-0.1, -0.05) is 52.0 Å². The molecule has 0 aliphatic carbocycles. The van der Waals surface area contributed by atoms with Crippen molar-refractivity contribution in [2.24, 2.45) is 5.92 Å². The van der Waals surface area contributed by atoms with Gasteiger partial charge in [0, 0.05) is 18.6 Å². The second-order valence-electron chi connectivity index (χ2n) is 8.19. The van der Waals surface area contributed by atoms with Crippen LogP contribution >= 0.6 is 0 Å². The zero-order chi connectivity index (χ0) is 16.3. The fraction of sp³-hybridized carbons (Fsp3) is 0.700. The van der Waals surface area contributed by atoms with Crippen LogP contribution in [0.15, 0.2) is 24.3 Å². The smallest absolute Gasteiger partial charge is 0.0620 e. The van der Waals surface area contributed by atoms with Crippen molar-refractivity contribution in [1.29, 1.82) is 0 Å². The number of ether oxygens (including phenoxy) is 1. The summed E-state index contributed by atoms with van der Waals surface area (Å²) in [6.45, 7) is 16.6. The predicted molar refractivity (Wildman–Crippen MR) is 94.5 cm³/mol. The molecule has 2 heteroatoms. The minimum Gasteiger partial charge on any atom is -0.378 e. The Morgan fingerprint density at radius 1 is 1.09 bits per heavy atom. The number of nitrogens with zero attached hydrogens (tertiary/aromatic N) is 1. The third-order valence-corrected chi connectivity index (χ3v) is 4.78. The summed E-state index contributed by atoms with van der Waals surface area (Å²) in [6, 6.07) is 10.3. The second kappa shape index (κ2) is 7.14. The summed E-state index contributed by atoms with van der Waals surface area (Å²) in [7, 11) is 0. The summed E-state index contributed by atoms with van der Waals surface area (Å²) in [6.07, 6.45) is 1.15. The molecule has 0 saturated carbocycles. The van der Waals surface area contributed by atoms with Crippen molar-refractivity contribution < 1.29 is 4.74 Å². The number of morpholine rings is 1. The van der Waals surface area contributed by atoms with Crippen molar-refractivity contribution in [3.8, 4) is 0 Å². The molecule has 1 aliphatic rings. The Kier molecular flexibility index (Phi) is 5.68. The minimum atomic E-state index is 0.239. The Labute approximate surface area is 136 Å². The van der Waals surface area contributed by atoms with Gasteiger partial charge < -0.3 is 4.74 Å². The van der Waals surface area contributed by atoms with Crippen LogP contribution in [0.4, 0.5) is 0 Å². The van der Waals surface area contributed by atoms with E-state index in [1.807, 2.05) is 0 Å². The maximum atomic E-state index is 5.63. The first-order valence-electron chi connectivity index (χ1n) is 8.70. The van der Waals surface area contributed by atoms with Gasteiger partial charge in [0.05, 0.1) is 13.2 Å². The number of rotatable bonds is 4. The van der Waals surface area contributed by atoms with E-state index in [0.29, 0.717) is 18.0 Å². The first-order valence-corrected chi connectivity index (χ1v) is 8.70. The molecule has 1 aromatic rings. The fourth-order valence-electron chi connectivity index (χ4n) is 3.36. The van der Waals surface area contributed by atoms with Crippen molar-refractivity contribution in [3.63, 3.8) is 0 Å². The summed E-state index contributed by atoms with van der Waals surface area (Å²) >= 11 is 0. The maximum Gasteiger partial charge on any atom is 0.0620 e. The molecule has 2 nitrogen and oxygen atoms in total. The van der Waals surface area contributed by atoms with E-state index in [2.05, 4.69) is 70.7 Å². The first-order chi connectivity index (χ1) is 10.3. The van der Waals surface area contributed by atoms with Crippen LogP contribution in [0.5, 0.6) is 0 Å². The van der Waals surface area contributed by atoms with Crippen LogP contribution in [-0.2, 0) is 16.6 Å². The average molecular weight is 303 g/mol. The normalized spacial score (nSPS) is 25.2. The highest BCUT2D eigenvalue weighted by atomic mass is 16.5. The highest BCUT2D eigenvalue weighted by Gasteiger charge is 2.26. The summed E-state index contributed by atoms with van der Waals surface area (Å²) in [5, 5.41) is 0. The third-order valence-electron chi connectivity index (χ3n) is 4.78. The monoisotopic (exact) mass is 303 g/mol. The lowest BCUT2D eigenvalue weighted by Crippen LogP contribution is -2.51. The summed E-state index contributed by atoms with van der Waals surface area (Å²) < 4.78 is 5.63. The molecule has 1 fully saturated rings. The Balaban J connectivity index is 1.92. The highest BCUT2D eigenvalue weighted by molar-refractivity contribution is 5.27. The number of hydrogen-bond acceptors (Lipinski definition) is 2. The van der Waals surface area contributed by atoms with Crippen molar-refractivity contribution in [2.75, 3.05) is 19.8 Å². The molecule has 1 aromatic carbocycles. The topological polar surface area (TPSA) is 12.5 Å². The average Bonchev–Trinajstić information content (AvgIpc) is 2.43. The summed E-state index contributed by atoms with van der Waals surface area (Å²) in [5.41, 5.74) is 3.11. The second-order valence-corrected chi connectivity index (χ2v) is 8.19. The first kappa shape index (κ1) is 17.5. The Morgan fingerprint density at radius 2 is 1.64 bits per heavy atom. The molecule has 1 unspecified atom stereocenters. The van der Waals surface area contributed by atoms with Gasteiger partial charge in [0.1, 0.15) is 0 Å². The lowest BCUT2D eigenvalue weighted by Gasteiger charge is -2.40. The molecule has 2 rings (SSSR count). The van der Waals surface area contributed by atoms with Gasteiger partial charge >= 0.3 is 0 Å². The van der Waals surface area contributed by atoms with E-state index in [-0.39, 0.29) is 5.41 Å². The van der Waals surface area contributed by atoms with E-state index in [1.165, 1.54) is 11.1 Å². The van der Waals surface area contributed by atoms with Crippen LogP contribution < -0.4 is 0 Å². The lowest BCUT2D eigenvalue weighted by atomic mass is 9.86. The van der Waals surface area contributed by atoms with E-state index in [1.54, 1.807) is 0 Å². The Bertz CT molecular complexity index is 450. The molecule has 0 amide bonds. The van der Waals surface area contributed by atoms with Gasteiger partial charge in [0.2, 0.25) is 0 Å². The van der Waals surface area contributed by atoms with Gasteiger partial charge in [-0.2, -0.15) is 0 Å². The van der Waals surface area contributed by atoms with Crippen molar-refractivity contribution in [2.45, 2.75) is 65.5 Å². The lowest BCUT2D eigenvalue weighted by molar-refractivity contribution is -0.0421.